The summed E-state index contributed by atoms with van der Waals surface area (Å²) in [4.78, 5) is 21.8. The number of phenolic OH excluding ortho intramolecular Hbond substituents is 1. The van der Waals surface area contributed by atoms with Crippen LogP contribution in [0.4, 0.5) is 5.69 Å². The van der Waals surface area contributed by atoms with Crippen LogP contribution in [0.25, 0.3) is 0 Å². The molecular formula is C16H15N3O4S. The highest BCUT2D eigenvalue weighted by Gasteiger charge is 2.05. The lowest BCUT2D eigenvalue weighted by Crippen LogP contribution is -2.19. The van der Waals surface area contributed by atoms with E-state index in [-0.39, 0.29) is 23.1 Å². The highest BCUT2D eigenvalue weighted by molar-refractivity contribution is 7.99. The molecule has 2 aromatic carbocycles. The van der Waals surface area contributed by atoms with E-state index in [9.17, 15) is 20.0 Å². The van der Waals surface area contributed by atoms with Crippen LogP contribution in [0.1, 0.15) is 11.1 Å². The van der Waals surface area contributed by atoms with Gasteiger partial charge in [-0.2, -0.15) is 5.10 Å². The number of para-hydroxylation sites is 1. The molecule has 0 aliphatic carbocycles. The second kappa shape index (κ2) is 8.68. The average molecular weight is 345 g/mol. The largest absolute Gasteiger partial charge is 0.507 e. The Kier molecular flexibility index (Phi) is 6.32. The number of nitro groups is 1. The first-order valence-corrected chi connectivity index (χ1v) is 8.12. The third kappa shape index (κ3) is 5.40. The fourth-order valence-electron chi connectivity index (χ4n) is 1.78. The number of benzene rings is 2. The molecule has 2 rings (SSSR count). The van der Waals surface area contributed by atoms with Gasteiger partial charge in [0.25, 0.3) is 5.69 Å². The van der Waals surface area contributed by atoms with Gasteiger partial charge in [-0.05, 0) is 17.7 Å². The molecule has 2 N–H and O–H groups in total. The summed E-state index contributed by atoms with van der Waals surface area (Å²) in [5.41, 5.74) is 3.83. The van der Waals surface area contributed by atoms with Gasteiger partial charge < -0.3 is 5.11 Å². The van der Waals surface area contributed by atoms with Gasteiger partial charge in [-0.15, -0.1) is 11.8 Å². The number of nitro benzene ring substituents is 1. The van der Waals surface area contributed by atoms with Crippen LogP contribution in [-0.2, 0) is 10.5 Å². The molecule has 0 unspecified atom stereocenters. The van der Waals surface area contributed by atoms with E-state index in [0.717, 1.165) is 5.56 Å². The van der Waals surface area contributed by atoms with Crippen molar-refractivity contribution in [3.63, 3.8) is 0 Å². The van der Waals surface area contributed by atoms with Gasteiger partial charge in [-0.25, -0.2) is 5.43 Å². The second-order valence-corrected chi connectivity index (χ2v) is 5.75. The smallest absolute Gasteiger partial charge is 0.269 e. The molecule has 7 nitrogen and oxygen atoms in total. The van der Waals surface area contributed by atoms with Crippen LogP contribution in [0.2, 0.25) is 0 Å². The summed E-state index contributed by atoms with van der Waals surface area (Å²) in [6.45, 7) is 0. The molecule has 0 saturated heterocycles. The third-order valence-electron chi connectivity index (χ3n) is 2.98. The minimum atomic E-state index is -0.451. The number of thioether (sulfide) groups is 1. The number of non-ortho nitro benzene ring substituents is 1. The minimum absolute atomic E-state index is 0.0417. The summed E-state index contributed by atoms with van der Waals surface area (Å²) in [7, 11) is 0. The Balaban J connectivity index is 1.73. The van der Waals surface area contributed by atoms with E-state index in [1.807, 2.05) is 0 Å². The van der Waals surface area contributed by atoms with Crippen molar-refractivity contribution in [1.82, 2.24) is 5.43 Å². The van der Waals surface area contributed by atoms with E-state index in [4.69, 9.17) is 0 Å². The number of nitrogens with one attached hydrogen (secondary N) is 1. The molecule has 24 heavy (non-hydrogen) atoms. The van der Waals surface area contributed by atoms with E-state index >= 15 is 0 Å². The maximum absolute atomic E-state index is 11.7. The zero-order valence-electron chi connectivity index (χ0n) is 12.6. The van der Waals surface area contributed by atoms with Gasteiger partial charge in [0.05, 0.1) is 16.9 Å². The Bertz CT molecular complexity index is 747. The first-order valence-electron chi connectivity index (χ1n) is 6.97. The molecule has 8 heteroatoms. The van der Waals surface area contributed by atoms with Gasteiger partial charge in [0.15, 0.2) is 0 Å². The van der Waals surface area contributed by atoms with E-state index in [1.54, 1.807) is 30.3 Å². The summed E-state index contributed by atoms with van der Waals surface area (Å²) in [5, 5.41) is 23.9. The minimum Gasteiger partial charge on any atom is -0.507 e. The van der Waals surface area contributed by atoms with Crippen molar-refractivity contribution in [3.05, 3.63) is 69.8 Å². The quantitative estimate of drug-likeness (QED) is 0.456. The summed E-state index contributed by atoms with van der Waals surface area (Å²) in [6.07, 6.45) is 1.37. The number of hydrazone groups is 1. The molecule has 0 aliphatic heterocycles. The number of amides is 1. The number of carbonyl (C=O) groups is 1. The molecule has 0 aliphatic rings. The molecule has 0 heterocycles. The van der Waals surface area contributed by atoms with Crippen LogP contribution in [0.3, 0.4) is 0 Å². The fraction of sp³-hybridized carbons (Fsp3) is 0.125. The molecule has 0 saturated carbocycles. The predicted molar refractivity (Wildman–Crippen MR) is 93.1 cm³/mol. The topological polar surface area (TPSA) is 105 Å². The summed E-state index contributed by atoms with van der Waals surface area (Å²) < 4.78 is 0. The van der Waals surface area contributed by atoms with Crippen molar-refractivity contribution in [2.75, 3.05) is 5.75 Å². The van der Waals surface area contributed by atoms with Gasteiger partial charge >= 0.3 is 0 Å². The van der Waals surface area contributed by atoms with E-state index in [0.29, 0.717) is 11.3 Å². The number of aromatic hydroxyl groups is 1. The molecule has 124 valence electrons. The molecule has 0 bridgehead atoms. The average Bonchev–Trinajstić information content (AvgIpc) is 2.57. The van der Waals surface area contributed by atoms with E-state index < -0.39 is 4.92 Å². The van der Waals surface area contributed by atoms with Crippen molar-refractivity contribution >= 4 is 29.6 Å². The molecule has 0 aromatic heterocycles. The zero-order chi connectivity index (χ0) is 17.4. The number of nitrogens with zero attached hydrogens (tertiary/aromatic N) is 2. The normalized spacial score (nSPS) is 10.7. The molecule has 1 amide bonds. The lowest BCUT2D eigenvalue weighted by atomic mass is 10.2. The molecule has 0 fully saturated rings. The molecular weight excluding hydrogens is 330 g/mol. The lowest BCUT2D eigenvalue weighted by molar-refractivity contribution is -0.384. The summed E-state index contributed by atoms with van der Waals surface area (Å²) in [5.74, 6) is 0.584. The standard InChI is InChI=1S/C16H15N3O4S/c20-15-4-2-1-3-13(15)9-17-18-16(21)11-24-10-12-5-7-14(8-6-12)19(22)23/h1-9,20H,10-11H2,(H,18,21)/b17-9+. The van der Waals surface area contributed by atoms with Crippen LogP contribution >= 0.6 is 11.8 Å². The van der Waals surface area contributed by atoms with Gasteiger partial charge in [-0.1, -0.05) is 24.3 Å². The van der Waals surface area contributed by atoms with E-state index in [2.05, 4.69) is 10.5 Å². The van der Waals surface area contributed by atoms with Crippen molar-refractivity contribution in [2.45, 2.75) is 5.75 Å². The number of carbonyl (C=O) groups excluding carboxylic acids is 1. The van der Waals surface area contributed by atoms with Gasteiger partial charge in [-0.3, -0.25) is 14.9 Å². The van der Waals surface area contributed by atoms with E-state index in [1.165, 1.54) is 36.2 Å². The van der Waals surface area contributed by atoms with Crippen molar-refractivity contribution in [1.29, 1.82) is 0 Å². The lowest BCUT2D eigenvalue weighted by Gasteiger charge is -2.02. The Hall–Kier alpha value is -2.87. The van der Waals surface area contributed by atoms with Crippen LogP contribution in [0.5, 0.6) is 5.75 Å². The highest BCUT2D eigenvalue weighted by atomic mass is 32.2. The number of rotatable bonds is 7. The Labute approximate surface area is 142 Å². The second-order valence-electron chi connectivity index (χ2n) is 4.77. The first-order chi connectivity index (χ1) is 11.6. The maximum atomic E-state index is 11.7. The van der Waals surface area contributed by atoms with Crippen molar-refractivity contribution in [2.24, 2.45) is 5.10 Å². The summed E-state index contributed by atoms with van der Waals surface area (Å²) >= 11 is 1.37. The van der Waals surface area contributed by atoms with Crippen molar-refractivity contribution < 1.29 is 14.8 Å². The highest BCUT2D eigenvalue weighted by Crippen LogP contribution is 2.16. The Morgan fingerprint density at radius 3 is 2.62 bits per heavy atom. The number of phenols is 1. The first kappa shape index (κ1) is 17.5. The van der Waals surface area contributed by atoms with Gasteiger partial charge in [0.1, 0.15) is 5.75 Å². The van der Waals surface area contributed by atoms with Crippen LogP contribution in [-0.4, -0.2) is 27.9 Å². The summed E-state index contributed by atoms with van der Waals surface area (Å²) in [6, 6.07) is 12.9. The SMILES string of the molecule is O=C(CSCc1ccc([N+](=O)[O-])cc1)N/N=C/c1ccccc1O. The monoisotopic (exact) mass is 345 g/mol. The molecule has 0 spiro atoms. The molecule has 2 aromatic rings. The van der Waals surface area contributed by atoms with Gasteiger partial charge in [0, 0.05) is 23.4 Å². The van der Waals surface area contributed by atoms with Crippen LogP contribution in [0, 0.1) is 10.1 Å². The Morgan fingerprint density at radius 2 is 1.96 bits per heavy atom. The van der Waals surface area contributed by atoms with Crippen LogP contribution < -0.4 is 5.43 Å². The maximum Gasteiger partial charge on any atom is 0.269 e. The number of hydrogen-bond acceptors (Lipinski definition) is 6. The molecule has 0 radical (unpaired) electrons. The van der Waals surface area contributed by atoms with Gasteiger partial charge in [0.2, 0.25) is 5.91 Å². The Morgan fingerprint density at radius 1 is 1.25 bits per heavy atom. The van der Waals surface area contributed by atoms with Crippen molar-refractivity contribution in [3.8, 4) is 5.75 Å². The fourth-order valence-corrected chi connectivity index (χ4v) is 2.56. The zero-order valence-corrected chi connectivity index (χ0v) is 13.4. The van der Waals surface area contributed by atoms with Crippen LogP contribution in [0.15, 0.2) is 53.6 Å². The third-order valence-corrected chi connectivity index (χ3v) is 3.98. The predicted octanol–water partition coefficient (Wildman–Crippen LogP) is 2.68. The number of hydrogen-bond donors (Lipinski definition) is 2. The molecule has 0 atom stereocenters.